The van der Waals surface area contributed by atoms with Crippen LogP contribution < -0.4 is 5.32 Å². The minimum atomic E-state index is -0.233. The maximum atomic E-state index is 14.4. The molecule has 0 aromatic heterocycles. The van der Waals surface area contributed by atoms with Gasteiger partial charge in [-0.15, -0.1) is 0 Å². The van der Waals surface area contributed by atoms with Gasteiger partial charge in [0.05, 0.1) is 17.1 Å². The van der Waals surface area contributed by atoms with Crippen LogP contribution in [0.4, 0.5) is 4.39 Å². The highest BCUT2D eigenvalue weighted by atomic mass is 79.9. The second kappa shape index (κ2) is 6.26. The topological polar surface area (TPSA) is 21.3 Å². The van der Waals surface area contributed by atoms with Gasteiger partial charge in [0.25, 0.3) is 0 Å². The van der Waals surface area contributed by atoms with Crippen LogP contribution in [0.2, 0.25) is 0 Å². The van der Waals surface area contributed by atoms with Gasteiger partial charge in [0.2, 0.25) is 0 Å². The van der Waals surface area contributed by atoms with Crippen molar-refractivity contribution in [3.05, 3.63) is 69.4 Å². The Hall–Kier alpha value is -1.23. The number of ether oxygens (including phenoxy) is 1. The first kappa shape index (κ1) is 14.7. The molecular formula is C17H17BrFNO. The van der Waals surface area contributed by atoms with E-state index in [2.05, 4.69) is 33.4 Å². The molecule has 2 atom stereocenters. The predicted molar refractivity (Wildman–Crippen MR) is 84.7 cm³/mol. The molecule has 0 spiro atoms. The average molecular weight is 350 g/mol. The van der Waals surface area contributed by atoms with Gasteiger partial charge in [-0.3, -0.25) is 0 Å². The summed E-state index contributed by atoms with van der Waals surface area (Å²) in [4.78, 5) is 0. The molecule has 1 N–H and O–H groups in total. The summed E-state index contributed by atoms with van der Waals surface area (Å²) in [6.07, 6.45) is 0.730. The Balaban J connectivity index is 2.04. The summed E-state index contributed by atoms with van der Waals surface area (Å²) in [5, 5.41) is 3.21. The van der Waals surface area contributed by atoms with E-state index in [0.717, 1.165) is 12.0 Å². The van der Waals surface area contributed by atoms with Crippen molar-refractivity contribution in [3.8, 4) is 0 Å². The average Bonchev–Trinajstić information content (AvgIpc) is 2.52. The van der Waals surface area contributed by atoms with Crippen LogP contribution in [0.15, 0.2) is 46.9 Å². The van der Waals surface area contributed by atoms with Crippen LogP contribution in [-0.4, -0.2) is 13.7 Å². The SMILES string of the molecule is CNC(c1cccc(Br)c1F)C1OCCc2ccccc21. The Kier molecular flexibility index (Phi) is 4.38. The van der Waals surface area contributed by atoms with E-state index in [1.807, 2.05) is 31.3 Å². The molecular weight excluding hydrogens is 333 g/mol. The van der Waals surface area contributed by atoms with Crippen LogP contribution in [0.1, 0.15) is 28.8 Å². The molecule has 4 heteroatoms. The third-order valence-electron chi connectivity index (χ3n) is 3.96. The molecule has 2 aromatic rings. The number of benzene rings is 2. The van der Waals surface area contributed by atoms with E-state index in [9.17, 15) is 4.39 Å². The van der Waals surface area contributed by atoms with Crippen molar-refractivity contribution in [2.45, 2.75) is 18.6 Å². The summed E-state index contributed by atoms with van der Waals surface area (Å²) in [6.45, 7) is 0.662. The standard InChI is InChI=1S/C17H17BrFNO/c1-20-16(13-7-4-8-14(18)15(13)19)17-12-6-3-2-5-11(12)9-10-21-17/h2-8,16-17,20H,9-10H2,1H3. The Morgan fingerprint density at radius 2 is 2.05 bits per heavy atom. The maximum Gasteiger partial charge on any atom is 0.142 e. The van der Waals surface area contributed by atoms with Gasteiger partial charge in [-0.1, -0.05) is 36.4 Å². The summed E-state index contributed by atoms with van der Waals surface area (Å²) in [5.41, 5.74) is 3.04. The fourth-order valence-electron chi connectivity index (χ4n) is 2.93. The second-order valence-corrected chi connectivity index (χ2v) is 6.00. The smallest absolute Gasteiger partial charge is 0.142 e. The monoisotopic (exact) mass is 349 g/mol. The summed E-state index contributed by atoms with van der Waals surface area (Å²) < 4.78 is 20.9. The highest BCUT2D eigenvalue weighted by Gasteiger charge is 2.30. The Bertz CT molecular complexity index is 646. The molecule has 3 rings (SSSR count). The Labute approximate surface area is 132 Å². The molecule has 0 radical (unpaired) electrons. The lowest BCUT2D eigenvalue weighted by atomic mass is 9.90. The van der Waals surface area contributed by atoms with Crippen LogP contribution in [-0.2, 0) is 11.2 Å². The van der Waals surface area contributed by atoms with Crippen molar-refractivity contribution in [2.24, 2.45) is 0 Å². The molecule has 1 aliphatic rings. The zero-order valence-corrected chi connectivity index (χ0v) is 13.4. The number of fused-ring (bicyclic) bond motifs is 1. The number of likely N-dealkylation sites (N-methyl/N-ethyl adjacent to an activating group) is 1. The van der Waals surface area contributed by atoms with Crippen LogP contribution in [0.5, 0.6) is 0 Å². The highest BCUT2D eigenvalue weighted by Crippen LogP contribution is 2.38. The van der Waals surface area contributed by atoms with Gasteiger partial charge in [-0.25, -0.2) is 4.39 Å². The number of nitrogens with one attached hydrogen (secondary N) is 1. The number of rotatable bonds is 3. The van der Waals surface area contributed by atoms with Crippen molar-refractivity contribution in [1.29, 1.82) is 0 Å². The molecule has 0 bridgehead atoms. The maximum absolute atomic E-state index is 14.4. The molecule has 0 saturated carbocycles. The van der Waals surface area contributed by atoms with Crippen molar-refractivity contribution in [2.75, 3.05) is 13.7 Å². The van der Waals surface area contributed by atoms with Crippen LogP contribution in [0, 0.1) is 5.82 Å². The normalized spacial score (nSPS) is 19.1. The number of hydrogen-bond acceptors (Lipinski definition) is 2. The van der Waals surface area contributed by atoms with Gasteiger partial charge in [0.1, 0.15) is 11.9 Å². The van der Waals surface area contributed by atoms with Crippen molar-refractivity contribution in [3.63, 3.8) is 0 Å². The van der Waals surface area contributed by atoms with E-state index < -0.39 is 0 Å². The van der Waals surface area contributed by atoms with Crippen molar-refractivity contribution in [1.82, 2.24) is 5.32 Å². The summed E-state index contributed by atoms with van der Waals surface area (Å²) in [7, 11) is 1.84. The van der Waals surface area contributed by atoms with E-state index in [-0.39, 0.29) is 18.0 Å². The quantitative estimate of drug-likeness (QED) is 0.898. The third-order valence-corrected chi connectivity index (χ3v) is 4.57. The van der Waals surface area contributed by atoms with Crippen molar-refractivity contribution >= 4 is 15.9 Å². The van der Waals surface area contributed by atoms with Gasteiger partial charge >= 0.3 is 0 Å². The first-order valence-corrected chi connectivity index (χ1v) is 7.82. The molecule has 0 fully saturated rings. The molecule has 0 aliphatic carbocycles. The zero-order valence-electron chi connectivity index (χ0n) is 11.8. The first-order chi connectivity index (χ1) is 10.2. The zero-order chi connectivity index (χ0) is 14.8. The molecule has 1 heterocycles. The predicted octanol–water partition coefficient (Wildman–Crippen LogP) is 4.16. The van der Waals surface area contributed by atoms with Crippen LogP contribution in [0.25, 0.3) is 0 Å². The number of halogens is 2. The molecule has 2 aromatic carbocycles. The van der Waals surface area contributed by atoms with Gasteiger partial charge in [0, 0.05) is 5.56 Å². The molecule has 2 nitrogen and oxygen atoms in total. The molecule has 2 unspecified atom stereocenters. The number of hydrogen-bond donors (Lipinski definition) is 1. The minimum absolute atomic E-state index is 0.177. The van der Waals surface area contributed by atoms with Crippen molar-refractivity contribution < 1.29 is 9.13 Å². The molecule has 1 aliphatic heterocycles. The van der Waals surface area contributed by atoms with Crippen LogP contribution >= 0.6 is 15.9 Å². The molecule has 0 saturated heterocycles. The van der Waals surface area contributed by atoms with Crippen LogP contribution in [0.3, 0.4) is 0 Å². The Morgan fingerprint density at radius 3 is 2.86 bits per heavy atom. The van der Waals surface area contributed by atoms with Gasteiger partial charge in [0.15, 0.2) is 0 Å². The van der Waals surface area contributed by atoms with E-state index >= 15 is 0 Å². The minimum Gasteiger partial charge on any atom is -0.371 e. The lowest BCUT2D eigenvalue weighted by molar-refractivity contribution is 0.0157. The van der Waals surface area contributed by atoms with E-state index in [1.54, 1.807) is 6.07 Å². The highest BCUT2D eigenvalue weighted by molar-refractivity contribution is 9.10. The third kappa shape index (κ3) is 2.76. The van der Waals surface area contributed by atoms with E-state index in [0.29, 0.717) is 16.6 Å². The Morgan fingerprint density at radius 1 is 1.24 bits per heavy atom. The fourth-order valence-corrected chi connectivity index (χ4v) is 3.31. The molecule has 0 amide bonds. The lowest BCUT2D eigenvalue weighted by Crippen LogP contribution is -2.30. The fraction of sp³-hybridized carbons (Fsp3) is 0.294. The van der Waals surface area contributed by atoms with Gasteiger partial charge < -0.3 is 10.1 Å². The summed E-state index contributed by atoms with van der Waals surface area (Å²) in [6, 6.07) is 13.4. The molecule has 110 valence electrons. The second-order valence-electron chi connectivity index (χ2n) is 5.15. The van der Waals surface area contributed by atoms with Gasteiger partial charge in [-0.05, 0) is 46.6 Å². The summed E-state index contributed by atoms with van der Waals surface area (Å²) in [5.74, 6) is -0.233. The van der Waals surface area contributed by atoms with E-state index in [4.69, 9.17) is 4.74 Å². The van der Waals surface area contributed by atoms with Gasteiger partial charge in [-0.2, -0.15) is 0 Å². The first-order valence-electron chi connectivity index (χ1n) is 7.03. The van der Waals surface area contributed by atoms with E-state index in [1.165, 1.54) is 5.56 Å². The molecule has 21 heavy (non-hydrogen) atoms. The summed E-state index contributed by atoms with van der Waals surface area (Å²) >= 11 is 3.26. The lowest BCUT2D eigenvalue weighted by Gasteiger charge is -2.33. The largest absolute Gasteiger partial charge is 0.371 e.